The van der Waals surface area contributed by atoms with Gasteiger partial charge in [0.2, 0.25) is 0 Å². The number of rotatable bonds is 4. The molecule has 0 rings (SSSR count). The number of unbranched alkanes of at least 4 members (excludes halogenated alkanes) is 1. The van der Waals surface area contributed by atoms with Crippen LogP contribution in [0.3, 0.4) is 0 Å². The monoisotopic (exact) mass is 128 g/mol. The highest BCUT2D eigenvalue weighted by Gasteiger charge is 1.90. The van der Waals surface area contributed by atoms with Crippen molar-refractivity contribution < 1.29 is 0 Å². The third kappa shape index (κ3) is 6.49. The standard InChI is InChI=1S/C6H14BP/c1-6(7)4-2-3-5-8/h6H,2-5,8H2,1H3/t6-/m0/s1. The fraction of sp³-hybridized carbons (Fsp3) is 1.00. The van der Waals surface area contributed by atoms with Gasteiger partial charge in [-0.2, -0.15) is 0 Å². The van der Waals surface area contributed by atoms with Crippen molar-refractivity contribution in [1.82, 2.24) is 0 Å². The summed E-state index contributed by atoms with van der Waals surface area (Å²) in [5.74, 6) is 0.395. The Labute approximate surface area is 56.0 Å². The predicted molar refractivity (Wildman–Crippen MR) is 43.6 cm³/mol. The highest BCUT2D eigenvalue weighted by Crippen LogP contribution is 2.09. The molecular formula is C6H14BP. The highest BCUT2D eigenvalue weighted by molar-refractivity contribution is 7.16. The van der Waals surface area contributed by atoms with Crippen molar-refractivity contribution in [3.05, 3.63) is 0 Å². The maximum Gasteiger partial charge on any atom is 0.0695 e. The molecule has 0 fully saturated rings. The second-order valence-corrected chi connectivity index (χ2v) is 2.84. The Kier molecular flexibility index (Phi) is 5.98. The van der Waals surface area contributed by atoms with E-state index in [2.05, 4.69) is 16.2 Å². The first-order valence-corrected chi connectivity index (χ1v) is 4.04. The van der Waals surface area contributed by atoms with Gasteiger partial charge in [0, 0.05) is 0 Å². The summed E-state index contributed by atoms with van der Waals surface area (Å²) in [6.45, 7) is 2.06. The summed E-state index contributed by atoms with van der Waals surface area (Å²) in [7, 11) is 8.25. The van der Waals surface area contributed by atoms with E-state index < -0.39 is 0 Å². The van der Waals surface area contributed by atoms with Gasteiger partial charge in [-0.05, 0) is 12.6 Å². The molecule has 2 atom stereocenters. The molecule has 0 aromatic carbocycles. The summed E-state index contributed by atoms with van der Waals surface area (Å²) >= 11 is 0. The van der Waals surface area contributed by atoms with Crippen LogP contribution in [-0.2, 0) is 0 Å². The van der Waals surface area contributed by atoms with Gasteiger partial charge in [-0.1, -0.05) is 25.6 Å². The van der Waals surface area contributed by atoms with Crippen LogP contribution < -0.4 is 0 Å². The quantitative estimate of drug-likeness (QED) is 0.308. The third-order valence-corrected chi connectivity index (χ3v) is 1.52. The normalized spacial score (nSPS) is 13.8. The zero-order chi connectivity index (χ0) is 6.41. The van der Waals surface area contributed by atoms with Crippen molar-refractivity contribution in [2.24, 2.45) is 0 Å². The number of hydrogen-bond donors (Lipinski definition) is 0. The van der Waals surface area contributed by atoms with E-state index in [4.69, 9.17) is 7.85 Å². The molecule has 0 aliphatic heterocycles. The maximum atomic E-state index is 5.53. The van der Waals surface area contributed by atoms with Crippen molar-refractivity contribution in [2.45, 2.75) is 32.0 Å². The van der Waals surface area contributed by atoms with Gasteiger partial charge in [-0.25, -0.2) is 0 Å². The van der Waals surface area contributed by atoms with E-state index in [9.17, 15) is 0 Å². The molecular weight excluding hydrogens is 114 g/mol. The Balaban J connectivity index is 2.72. The molecule has 0 aromatic heterocycles. The average molecular weight is 128 g/mol. The molecule has 0 spiro atoms. The highest BCUT2D eigenvalue weighted by atomic mass is 31.0. The summed E-state index contributed by atoms with van der Waals surface area (Å²) in [4.78, 5) is 0. The first-order valence-electron chi connectivity index (χ1n) is 3.23. The minimum absolute atomic E-state index is 0.395. The number of hydrogen-bond acceptors (Lipinski definition) is 0. The van der Waals surface area contributed by atoms with E-state index in [1.54, 1.807) is 0 Å². The Morgan fingerprint density at radius 1 is 1.50 bits per heavy atom. The summed E-state index contributed by atoms with van der Waals surface area (Å²) in [6, 6.07) is 0. The fourth-order valence-electron chi connectivity index (χ4n) is 0.611. The van der Waals surface area contributed by atoms with Gasteiger partial charge in [0.05, 0.1) is 7.85 Å². The summed E-state index contributed by atoms with van der Waals surface area (Å²) < 4.78 is 0. The lowest BCUT2D eigenvalue weighted by molar-refractivity contribution is 0.705. The third-order valence-electron chi connectivity index (χ3n) is 1.11. The van der Waals surface area contributed by atoms with Crippen LogP contribution in [0.5, 0.6) is 0 Å². The van der Waals surface area contributed by atoms with Gasteiger partial charge in [-0.15, -0.1) is 9.24 Å². The lowest BCUT2D eigenvalue weighted by Crippen LogP contribution is -1.85. The van der Waals surface area contributed by atoms with Crippen molar-refractivity contribution in [3.63, 3.8) is 0 Å². The van der Waals surface area contributed by atoms with Crippen molar-refractivity contribution >= 4 is 17.1 Å². The predicted octanol–water partition coefficient (Wildman–Crippen LogP) is 2.01. The second kappa shape index (κ2) is 5.63. The van der Waals surface area contributed by atoms with Crippen molar-refractivity contribution in [1.29, 1.82) is 0 Å². The fourth-order valence-corrected chi connectivity index (χ4v) is 0.899. The van der Waals surface area contributed by atoms with Gasteiger partial charge in [0.15, 0.2) is 0 Å². The van der Waals surface area contributed by atoms with Crippen LogP contribution in [0.15, 0.2) is 0 Å². The van der Waals surface area contributed by atoms with Gasteiger partial charge in [0.25, 0.3) is 0 Å². The molecule has 0 aromatic rings. The van der Waals surface area contributed by atoms with E-state index >= 15 is 0 Å². The van der Waals surface area contributed by atoms with Crippen LogP contribution in [0.2, 0.25) is 5.82 Å². The molecule has 0 nitrogen and oxygen atoms in total. The topological polar surface area (TPSA) is 0 Å². The van der Waals surface area contributed by atoms with Gasteiger partial charge in [-0.3, -0.25) is 0 Å². The lowest BCUT2D eigenvalue weighted by Gasteiger charge is -2.00. The van der Waals surface area contributed by atoms with E-state index in [1.165, 1.54) is 25.4 Å². The molecule has 46 valence electrons. The van der Waals surface area contributed by atoms with Crippen LogP contribution in [0.1, 0.15) is 26.2 Å². The molecule has 2 heteroatoms. The van der Waals surface area contributed by atoms with E-state index in [-0.39, 0.29) is 0 Å². The molecule has 0 saturated carbocycles. The first-order chi connectivity index (χ1) is 3.77. The average Bonchev–Trinajstić information content (AvgIpc) is 1.66. The van der Waals surface area contributed by atoms with Crippen molar-refractivity contribution in [3.8, 4) is 0 Å². The Morgan fingerprint density at radius 3 is 2.50 bits per heavy atom. The van der Waals surface area contributed by atoms with Gasteiger partial charge in [0.1, 0.15) is 0 Å². The van der Waals surface area contributed by atoms with Crippen LogP contribution in [0, 0.1) is 0 Å². The zero-order valence-corrected chi connectivity index (χ0v) is 6.72. The Hall–Kier alpha value is 0.495. The summed E-state index contributed by atoms with van der Waals surface area (Å²) in [5, 5.41) is 0. The van der Waals surface area contributed by atoms with E-state index in [0.29, 0.717) is 5.82 Å². The molecule has 0 aliphatic carbocycles. The maximum absolute atomic E-state index is 5.53. The van der Waals surface area contributed by atoms with E-state index in [1.807, 2.05) is 0 Å². The van der Waals surface area contributed by atoms with Crippen molar-refractivity contribution in [2.75, 3.05) is 6.16 Å². The molecule has 0 bridgehead atoms. The largest absolute Gasteiger partial charge is 0.138 e. The first kappa shape index (κ1) is 8.49. The second-order valence-electron chi connectivity index (χ2n) is 2.26. The molecule has 8 heavy (non-hydrogen) atoms. The van der Waals surface area contributed by atoms with Crippen LogP contribution in [-0.4, -0.2) is 14.0 Å². The molecule has 0 N–H and O–H groups in total. The van der Waals surface area contributed by atoms with E-state index in [0.717, 1.165) is 0 Å². The van der Waals surface area contributed by atoms with Crippen LogP contribution in [0.4, 0.5) is 0 Å². The molecule has 0 heterocycles. The Bertz CT molecular complexity index is 45.8. The smallest absolute Gasteiger partial charge is 0.0695 e. The minimum Gasteiger partial charge on any atom is -0.138 e. The molecule has 1 unspecified atom stereocenters. The van der Waals surface area contributed by atoms with Gasteiger partial charge < -0.3 is 0 Å². The summed E-state index contributed by atoms with van der Waals surface area (Å²) in [5.41, 5.74) is 0. The lowest BCUT2D eigenvalue weighted by atomic mass is 9.85. The van der Waals surface area contributed by atoms with Crippen LogP contribution in [0.25, 0.3) is 0 Å². The molecule has 0 saturated heterocycles. The molecule has 0 amide bonds. The molecule has 0 aliphatic rings. The zero-order valence-electron chi connectivity index (χ0n) is 5.56. The minimum atomic E-state index is 0.395. The summed E-state index contributed by atoms with van der Waals surface area (Å²) in [6.07, 6.45) is 4.97. The molecule has 2 radical (unpaired) electrons. The SMILES string of the molecule is [B][C@@H](C)CCCCP. The van der Waals surface area contributed by atoms with Gasteiger partial charge >= 0.3 is 0 Å². The Morgan fingerprint density at radius 2 is 2.12 bits per heavy atom. The van der Waals surface area contributed by atoms with Crippen LogP contribution >= 0.6 is 9.24 Å².